The van der Waals surface area contributed by atoms with E-state index < -0.39 is 10.8 Å². The Morgan fingerprint density at radius 3 is 2.70 bits per heavy atom. The fourth-order valence-electron chi connectivity index (χ4n) is 3.09. The molecule has 0 saturated heterocycles. The molecule has 0 heterocycles. The summed E-state index contributed by atoms with van der Waals surface area (Å²) in [6.45, 7) is 5.33. The molecule has 4 unspecified atom stereocenters. The second-order valence-corrected chi connectivity index (χ2v) is 8.01. The molecule has 0 aliphatic heterocycles. The van der Waals surface area contributed by atoms with Crippen LogP contribution in [0, 0.1) is 5.92 Å². The normalized spacial score (nSPS) is 28.2. The molecular weight excluding hydrogens is 334 g/mol. The van der Waals surface area contributed by atoms with Gasteiger partial charge in [-0.25, -0.2) is 0 Å². The maximum Gasteiger partial charge on any atom is 0.0588 e. The van der Waals surface area contributed by atoms with Gasteiger partial charge in [-0.15, -0.1) is 0 Å². The van der Waals surface area contributed by atoms with Gasteiger partial charge in [0, 0.05) is 10.5 Å². The maximum atomic E-state index is 13.0. The molecular formula is C16H24BrNOS. The van der Waals surface area contributed by atoms with E-state index in [2.05, 4.69) is 35.1 Å². The van der Waals surface area contributed by atoms with Gasteiger partial charge in [-0.05, 0) is 59.8 Å². The van der Waals surface area contributed by atoms with E-state index in [4.69, 9.17) is 0 Å². The number of rotatable bonds is 5. The van der Waals surface area contributed by atoms with Crippen molar-refractivity contribution < 1.29 is 4.21 Å². The zero-order chi connectivity index (χ0) is 14.5. The van der Waals surface area contributed by atoms with Crippen LogP contribution < -0.4 is 5.32 Å². The van der Waals surface area contributed by atoms with Gasteiger partial charge in [0.25, 0.3) is 0 Å². The Bertz CT molecular complexity index is 466. The molecule has 4 heteroatoms. The Morgan fingerprint density at radius 1 is 1.30 bits per heavy atom. The van der Waals surface area contributed by atoms with Gasteiger partial charge >= 0.3 is 0 Å². The van der Waals surface area contributed by atoms with E-state index in [0.717, 1.165) is 34.7 Å². The molecule has 0 radical (unpaired) electrons. The van der Waals surface area contributed by atoms with Crippen LogP contribution in [-0.4, -0.2) is 22.0 Å². The summed E-state index contributed by atoms with van der Waals surface area (Å²) in [5.41, 5.74) is 0. The van der Waals surface area contributed by atoms with Crippen molar-refractivity contribution in [2.45, 2.75) is 55.7 Å². The second kappa shape index (κ2) is 7.71. The molecule has 1 aliphatic carbocycles. The van der Waals surface area contributed by atoms with Crippen molar-refractivity contribution in [2.75, 3.05) is 6.54 Å². The smallest absolute Gasteiger partial charge is 0.0588 e. The minimum atomic E-state index is -0.945. The molecule has 1 aliphatic rings. The Labute approximate surface area is 133 Å². The lowest BCUT2D eigenvalue weighted by molar-refractivity contribution is 0.294. The highest BCUT2D eigenvalue weighted by molar-refractivity contribution is 9.10. The third-order valence-electron chi connectivity index (χ3n) is 4.27. The zero-order valence-corrected chi connectivity index (χ0v) is 14.7. The van der Waals surface area contributed by atoms with Crippen LogP contribution in [-0.2, 0) is 10.8 Å². The molecule has 1 saturated carbocycles. The average Bonchev–Trinajstić information content (AvgIpc) is 2.48. The summed E-state index contributed by atoms with van der Waals surface area (Å²) in [5, 5.41) is 3.77. The summed E-state index contributed by atoms with van der Waals surface area (Å²) in [6, 6.07) is 8.30. The molecule has 20 heavy (non-hydrogen) atoms. The highest BCUT2D eigenvalue weighted by atomic mass is 79.9. The summed E-state index contributed by atoms with van der Waals surface area (Å²) >= 11 is 3.54. The van der Waals surface area contributed by atoms with Crippen molar-refractivity contribution in [1.29, 1.82) is 0 Å². The van der Waals surface area contributed by atoms with Gasteiger partial charge in [-0.3, -0.25) is 4.21 Å². The average molecular weight is 358 g/mol. The maximum absolute atomic E-state index is 13.0. The molecule has 0 aromatic heterocycles. The molecule has 1 N–H and O–H groups in total. The fourth-order valence-corrected chi connectivity index (χ4v) is 5.63. The van der Waals surface area contributed by atoms with Crippen molar-refractivity contribution in [3.8, 4) is 0 Å². The summed E-state index contributed by atoms with van der Waals surface area (Å²) in [5.74, 6) is 0.723. The summed E-state index contributed by atoms with van der Waals surface area (Å²) in [4.78, 5) is 0.942. The van der Waals surface area contributed by atoms with E-state index in [1.165, 1.54) is 12.8 Å². The van der Waals surface area contributed by atoms with Crippen molar-refractivity contribution in [2.24, 2.45) is 5.92 Å². The van der Waals surface area contributed by atoms with Crippen molar-refractivity contribution in [3.05, 3.63) is 28.7 Å². The molecule has 2 nitrogen and oxygen atoms in total. The van der Waals surface area contributed by atoms with E-state index >= 15 is 0 Å². The van der Waals surface area contributed by atoms with Crippen LogP contribution in [0.25, 0.3) is 0 Å². The third kappa shape index (κ3) is 3.71. The first-order valence-corrected chi connectivity index (χ1v) is 9.56. The summed E-state index contributed by atoms with van der Waals surface area (Å²) in [6.07, 6.45) is 4.68. The monoisotopic (exact) mass is 357 g/mol. The minimum absolute atomic E-state index is 0.229. The third-order valence-corrected chi connectivity index (χ3v) is 7.09. The molecule has 4 atom stereocenters. The lowest BCUT2D eigenvalue weighted by Gasteiger charge is -2.36. The topological polar surface area (TPSA) is 29.1 Å². The second-order valence-electron chi connectivity index (χ2n) is 5.52. The molecule has 0 spiro atoms. The Balaban J connectivity index is 2.21. The molecule has 112 valence electrons. The number of hydrogen-bond donors (Lipinski definition) is 1. The van der Waals surface area contributed by atoms with Gasteiger partial charge in [0.2, 0.25) is 0 Å². The minimum Gasteiger partial charge on any atom is -0.313 e. The lowest BCUT2D eigenvalue weighted by atomic mass is 9.84. The predicted molar refractivity (Wildman–Crippen MR) is 89.4 cm³/mol. The Kier molecular flexibility index (Phi) is 6.24. The van der Waals surface area contributed by atoms with Gasteiger partial charge < -0.3 is 5.32 Å². The lowest BCUT2D eigenvalue weighted by Crippen LogP contribution is -2.46. The molecule has 2 rings (SSSR count). The zero-order valence-electron chi connectivity index (χ0n) is 12.3. The number of hydrogen-bond acceptors (Lipinski definition) is 2. The quantitative estimate of drug-likeness (QED) is 0.858. The van der Waals surface area contributed by atoms with Gasteiger partial charge in [0.05, 0.1) is 20.9 Å². The van der Waals surface area contributed by atoms with Crippen LogP contribution in [0.15, 0.2) is 33.6 Å². The van der Waals surface area contributed by atoms with Crippen LogP contribution in [0.4, 0.5) is 0 Å². The van der Waals surface area contributed by atoms with Gasteiger partial charge in [-0.2, -0.15) is 0 Å². The highest BCUT2D eigenvalue weighted by Crippen LogP contribution is 2.33. The standard InChI is InChI=1S/C16H24BrNOS/c1-3-12-9-10-14(18-4-2)16(11-12)20(19)15-8-6-5-7-13(15)17/h5-8,12,14,16,18H,3-4,9-11H2,1-2H3. The molecule has 1 fully saturated rings. The summed E-state index contributed by atoms with van der Waals surface area (Å²) < 4.78 is 14.0. The molecule has 0 amide bonds. The van der Waals surface area contributed by atoms with Gasteiger partial charge in [0.15, 0.2) is 0 Å². The summed E-state index contributed by atoms with van der Waals surface area (Å²) in [7, 11) is -0.945. The molecule has 0 bridgehead atoms. The largest absolute Gasteiger partial charge is 0.313 e. The van der Waals surface area contributed by atoms with Crippen LogP contribution >= 0.6 is 15.9 Å². The van der Waals surface area contributed by atoms with E-state index in [-0.39, 0.29) is 5.25 Å². The highest BCUT2D eigenvalue weighted by Gasteiger charge is 2.34. The first-order valence-electron chi connectivity index (χ1n) is 7.55. The van der Waals surface area contributed by atoms with Crippen molar-refractivity contribution in [3.63, 3.8) is 0 Å². The van der Waals surface area contributed by atoms with Crippen LogP contribution in [0.3, 0.4) is 0 Å². The van der Waals surface area contributed by atoms with Gasteiger partial charge in [-0.1, -0.05) is 32.4 Å². The van der Waals surface area contributed by atoms with E-state index in [1.54, 1.807) is 0 Å². The van der Waals surface area contributed by atoms with Crippen LogP contribution in [0.1, 0.15) is 39.5 Å². The fraction of sp³-hybridized carbons (Fsp3) is 0.625. The number of halogens is 1. The van der Waals surface area contributed by atoms with Crippen LogP contribution in [0.5, 0.6) is 0 Å². The predicted octanol–water partition coefficient (Wildman–Crippen LogP) is 4.11. The van der Waals surface area contributed by atoms with Gasteiger partial charge in [0.1, 0.15) is 0 Å². The molecule has 1 aromatic carbocycles. The molecule has 1 aromatic rings. The number of benzene rings is 1. The first kappa shape index (κ1) is 16.2. The van der Waals surface area contributed by atoms with Crippen molar-refractivity contribution in [1.82, 2.24) is 5.32 Å². The van der Waals surface area contributed by atoms with Crippen molar-refractivity contribution >= 4 is 26.7 Å². The first-order chi connectivity index (χ1) is 9.67. The Morgan fingerprint density at radius 2 is 2.05 bits per heavy atom. The SMILES string of the molecule is CCNC1CCC(CC)CC1S(=O)c1ccccc1Br. The van der Waals surface area contributed by atoms with E-state index in [1.807, 2.05) is 24.3 Å². The van der Waals surface area contributed by atoms with E-state index in [9.17, 15) is 4.21 Å². The Hall–Kier alpha value is -0.190. The van der Waals surface area contributed by atoms with Crippen LogP contribution in [0.2, 0.25) is 0 Å². The van der Waals surface area contributed by atoms with E-state index in [0.29, 0.717) is 6.04 Å². The number of nitrogens with one attached hydrogen (secondary N) is 1.